The lowest BCUT2D eigenvalue weighted by Gasteiger charge is -2.18. The number of benzene rings is 1. The van der Waals surface area contributed by atoms with Gasteiger partial charge in [0.05, 0.1) is 11.1 Å². The number of carbonyl (C=O) groups excluding carboxylic acids is 1. The highest BCUT2D eigenvalue weighted by molar-refractivity contribution is 6.12. The number of hydrogen-bond donors (Lipinski definition) is 4. The lowest BCUT2D eigenvalue weighted by molar-refractivity contribution is 0.0649. The molecular weight excluding hydrogens is 304 g/mol. The van der Waals surface area contributed by atoms with E-state index in [0.717, 1.165) is 6.07 Å². The number of rotatable bonds is 8. The molecule has 124 valence electrons. The van der Waals surface area contributed by atoms with Crippen LogP contribution in [0.15, 0.2) is 18.2 Å². The molecule has 0 aliphatic rings. The molecule has 1 aromatic carbocycles. The van der Waals surface area contributed by atoms with Gasteiger partial charge in [0.1, 0.15) is 0 Å². The minimum atomic E-state index is -1.49. The Bertz CT molecular complexity index is 673. The number of hydrogen-bond acceptors (Lipinski definition) is 5. The van der Waals surface area contributed by atoms with E-state index in [1.54, 1.807) is 0 Å². The maximum atomic E-state index is 12.3. The van der Waals surface area contributed by atoms with Crippen LogP contribution in [0.1, 0.15) is 49.1 Å². The fourth-order valence-electron chi connectivity index (χ4n) is 2.41. The average Bonchev–Trinajstić information content (AvgIpc) is 2.47. The van der Waals surface area contributed by atoms with Crippen LogP contribution in [0.5, 0.6) is 0 Å². The fraction of sp³-hybridized carbons (Fsp3) is 0.312. The molecule has 0 unspecified atom stereocenters. The van der Waals surface area contributed by atoms with Crippen LogP contribution in [0.2, 0.25) is 0 Å². The minimum absolute atomic E-state index is 0.0163. The van der Waals surface area contributed by atoms with E-state index < -0.39 is 35.5 Å². The first-order valence-electron chi connectivity index (χ1n) is 6.83. The van der Waals surface area contributed by atoms with Crippen molar-refractivity contribution in [2.75, 3.05) is 13.2 Å². The standard InChI is InChI=1S/C16H18O7/c1-8(2)14(19)11-7-12(15(20)21)13(16(22)23)10(4-6-18)9(11)3-5-17/h7,17-18H,1,3-6H2,2H3,(H,20,21)(H,22,23). The second kappa shape index (κ2) is 7.66. The van der Waals surface area contributed by atoms with E-state index in [-0.39, 0.29) is 41.7 Å². The summed E-state index contributed by atoms with van der Waals surface area (Å²) in [5.41, 5.74) is -0.619. The van der Waals surface area contributed by atoms with E-state index in [0.29, 0.717) is 0 Å². The second-order valence-electron chi connectivity index (χ2n) is 4.97. The van der Waals surface area contributed by atoms with Crippen LogP contribution < -0.4 is 0 Å². The quantitative estimate of drug-likeness (QED) is 0.413. The molecule has 0 spiro atoms. The van der Waals surface area contributed by atoms with Crippen LogP contribution in [0, 0.1) is 0 Å². The fourth-order valence-corrected chi connectivity index (χ4v) is 2.41. The lowest BCUT2D eigenvalue weighted by atomic mass is 9.85. The molecule has 0 amide bonds. The molecule has 4 N–H and O–H groups in total. The summed E-state index contributed by atoms with van der Waals surface area (Å²) in [6.07, 6.45) is -0.182. The molecule has 1 rings (SSSR count). The summed E-state index contributed by atoms with van der Waals surface area (Å²) in [5, 5.41) is 37.0. The Balaban J connectivity index is 3.90. The van der Waals surface area contributed by atoms with Gasteiger partial charge in [-0.3, -0.25) is 4.79 Å². The summed E-state index contributed by atoms with van der Waals surface area (Å²) in [6, 6.07) is 0.995. The number of aliphatic hydroxyl groups is 2. The van der Waals surface area contributed by atoms with Crippen LogP contribution in [-0.2, 0) is 12.8 Å². The van der Waals surface area contributed by atoms with E-state index in [1.807, 2.05) is 0 Å². The molecule has 7 heteroatoms. The Morgan fingerprint density at radius 2 is 1.48 bits per heavy atom. The molecule has 0 heterocycles. The first kappa shape index (κ1) is 18.5. The largest absolute Gasteiger partial charge is 0.478 e. The van der Waals surface area contributed by atoms with E-state index >= 15 is 0 Å². The first-order valence-corrected chi connectivity index (χ1v) is 6.83. The third-order valence-electron chi connectivity index (χ3n) is 3.35. The third kappa shape index (κ3) is 3.82. The average molecular weight is 322 g/mol. The normalized spacial score (nSPS) is 10.4. The molecule has 0 aliphatic heterocycles. The predicted octanol–water partition coefficient (Wildman–Crippen LogP) is 0.911. The zero-order valence-electron chi connectivity index (χ0n) is 12.6. The van der Waals surface area contributed by atoms with Gasteiger partial charge in [0.2, 0.25) is 0 Å². The maximum absolute atomic E-state index is 12.3. The maximum Gasteiger partial charge on any atom is 0.336 e. The van der Waals surface area contributed by atoms with Crippen molar-refractivity contribution in [2.45, 2.75) is 19.8 Å². The Morgan fingerprint density at radius 1 is 0.957 bits per heavy atom. The highest BCUT2D eigenvalue weighted by Crippen LogP contribution is 2.27. The molecule has 7 nitrogen and oxygen atoms in total. The van der Waals surface area contributed by atoms with Crippen molar-refractivity contribution in [3.8, 4) is 0 Å². The number of carboxylic acid groups (broad SMARTS) is 2. The van der Waals surface area contributed by atoms with Gasteiger partial charge in [0.15, 0.2) is 5.78 Å². The molecule has 0 aliphatic carbocycles. The number of Topliss-reactive ketones (excluding diaryl/α,β-unsaturated/α-hetero) is 1. The minimum Gasteiger partial charge on any atom is -0.478 e. The number of ketones is 1. The van der Waals surface area contributed by atoms with Gasteiger partial charge in [-0.05, 0) is 42.5 Å². The van der Waals surface area contributed by atoms with Crippen molar-refractivity contribution in [3.63, 3.8) is 0 Å². The van der Waals surface area contributed by atoms with E-state index in [1.165, 1.54) is 6.92 Å². The summed E-state index contributed by atoms with van der Waals surface area (Å²) in [7, 11) is 0. The van der Waals surface area contributed by atoms with E-state index in [2.05, 4.69) is 6.58 Å². The smallest absolute Gasteiger partial charge is 0.336 e. The molecule has 0 saturated heterocycles. The van der Waals surface area contributed by atoms with Gasteiger partial charge in [-0.25, -0.2) is 9.59 Å². The second-order valence-corrected chi connectivity index (χ2v) is 4.97. The highest BCUT2D eigenvalue weighted by Gasteiger charge is 2.27. The summed E-state index contributed by atoms with van der Waals surface area (Å²) < 4.78 is 0. The van der Waals surface area contributed by atoms with Gasteiger partial charge in [-0.2, -0.15) is 0 Å². The Morgan fingerprint density at radius 3 is 1.87 bits per heavy atom. The van der Waals surface area contributed by atoms with Crippen molar-refractivity contribution in [1.82, 2.24) is 0 Å². The lowest BCUT2D eigenvalue weighted by Crippen LogP contribution is -2.19. The van der Waals surface area contributed by atoms with Crippen molar-refractivity contribution < 1.29 is 34.8 Å². The highest BCUT2D eigenvalue weighted by atomic mass is 16.4. The SMILES string of the molecule is C=C(C)C(=O)c1cc(C(=O)O)c(C(=O)O)c(CCO)c1CCO. The summed E-state index contributed by atoms with van der Waals surface area (Å²) in [5.74, 6) is -3.50. The predicted molar refractivity (Wildman–Crippen MR) is 81.1 cm³/mol. The monoisotopic (exact) mass is 322 g/mol. The summed E-state index contributed by atoms with van der Waals surface area (Å²) >= 11 is 0. The van der Waals surface area contributed by atoms with Gasteiger partial charge in [0.25, 0.3) is 0 Å². The van der Waals surface area contributed by atoms with Crippen LogP contribution >= 0.6 is 0 Å². The van der Waals surface area contributed by atoms with Gasteiger partial charge >= 0.3 is 11.9 Å². The molecule has 0 radical (unpaired) electrons. The number of allylic oxidation sites excluding steroid dienone is 1. The topological polar surface area (TPSA) is 132 Å². The van der Waals surface area contributed by atoms with Gasteiger partial charge in [-0.1, -0.05) is 6.58 Å². The van der Waals surface area contributed by atoms with Crippen molar-refractivity contribution in [3.05, 3.63) is 46.0 Å². The van der Waals surface area contributed by atoms with Crippen LogP contribution in [-0.4, -0.2) is 51.4 Å². The van der Waals surface area contributed by atoms with Gasteiger partial charge < -0.3 is 20.4 Å². The van der Waals surface area contributed by atoms with Crippen LogP contribution in [0.3, 0.4) is 0 Å². The molecule has 0 aromatic heterocycles. The van der Waals surface area contributed by atoms with Crippen molar-refractivity contribution >= 4 is 17.7 Å². The zero-order chi connectivity index (χ0) is 17.7. The molecule has 1 aromatic rings. The van der Waals surface area contributed by atoms with Gasteiger partial charge in [0, 0.05) is 18.8 Å². The number of aromatic carboxylic acids is 2. The third-order valence-corrected chi connectivity index (χ3v) is 3.35. The van der Waals surface area contributed by atoms with Crippen LogP contribution in [0.4, 0.5) is 0 Å². The molecule has 0 atom stereocenters. The Labute approximate surface area is 132 Å². The Hall–Kier alpha value is -2.51. The van der Waals surface area contributed by atoms with E-state index in [9.17, 15) is 34.8 Å². The van der Waals surface area contributed by atoms with Gasteiger partial charge in [-0.15, -0.1) is 0 Å². The molecule has 0 bridgehead atoms. The molecule has 0 saturated carbocycles. The number of carboxylic acids is 2. The molecule has 23 heavy (non-hydrogen) atoms. The van der Waals surface area contributed by atoms with Crippen molar-refractivity contribution in [1.29, 1.82) is 0 Å². The number of carbonyl (C=O) groups is 3. The first-order chi connectivity index (χ1) is 10.8. The van der Waals surface area contributed by atoms with Crippen LogP contribution in [0.25, 0.3) is 0 Å². The molecular formula is C16H18O7. The summed E-state index contributed by atoms with van der Waals surface area (Å²) in [4.78, 5) is 35.1. The molecule has 0 fully saturated rings. The Kier molecular flexibility index (Phi) is 6.18. The van der Waals surface area contributed by atoms with Crippen molar-refractivity contribution in [2.24, 2.45) is 0 Å². The number of aliphatic hydroxyl groups excluding tert-OH is 2. The zero-order valence-corrected chi connectivity index (χ0v) is 12.6. The van der Waals surface area contributed by atoms with E-state index in [4.69, 9.17) is 0 Å². The summed E-state index contributed by atoms with van der Waals surface area (Å²) in [6.45, 7) is 4.17.